The average molecular weight is 301 g/mol. The monoisotopic (exact) mass is 301 g/mol. The topological polar surface area (TPSA) is 51.8 Å². The van der Waals surface area contributed by atoms with Gasteiger partial charge in [0.25, 0.3) is 0 Å². The lowest BCUT2D eigenvalue weighted by Crippen LogP contribution is -1.92. The van der Waals surface area contributed by atoms with Crippen molar-refractivity contribution in [3.63, 3.8) is 0 Å². The second kappa shape index (κ2) is 6.01. The first-order chi connectivity index (χ1) is 11.4. The molecule has 0 aliphatic heterocycles. The fourth-order valence-corrected chi connectivity index (χ4v) is 2.68. The van der Waals surface area contributed by atoms with Crippen molar-refractivity contribution in [2.75, 3.05) is 0 Å². The molecular weight excluding hydrogens is 286 g/mol. The lowest BCUT2D eigenvalue weighted by atomic mass is 10.0. The van der Waals surface area contributed by atoms with Gasteiger partial charge in [0.2, 0.25) is 11.7 Å². The predicted molar refractivity (Wildman–Crippen MR) is 88.9 cm³/mol. The van der Waals surface area contributed by atoms with E-state index < -0.39 is 0 Å². The van der Waals surface area contributed by atoms with E-state index in [1.807, 2.05) is 36.5 Å². The van der Waals surface area contributed by atoms with E-state index in [0.29, 0.717) is 18.1 Å². The third kappa shape index (κ3) is 2.83. The minimum absolute atomic E-state index is 0.642. The van der Waals surface area contributed by atoms with Gasteiger partial charge < -0.3 is 4.52 Å². The molecule has 4 aromatic rings. The van der Waals surface area contributed by atoms with Crippen LogP contribution in [0.2, 0.25) is 0 Å². The molecule has 0 N–H and O–H groups in total. The molecule has 0 amide bonds. The van der Waals surface area contributed by atoms with E-state index in [1.165, 1.54) is 5.39 Å². The fourth-order valence-electron chi connectivity index (χ4n) is 2.68. The number of nitrogens with zero attached hydrogens (tertiary/aromatic N) is 3. The van der Waals surface area contributed by atoms with Crippen molar-refractivity contribution in [3.05, 3.63) is 78.4 Å². The van der Waals surface area contributed by atoms with Crippen LogP contribution in [0, 0.1) is 0 Å². The van der Waals surface area contributed by atoms with Crippen molar-refractivity contribution in [2.24, 2.45) is 0 Å². The Bertz CT molecular complexity index is 926. The van der Waals surface area contributed by atoms with Crippen LogP contribution in [0.15, 0.2) is 71.5 Å². The second-order valence-corrected chi connectivity index (χ2v) is 5.40. The fraction of sp³-hybridized carbons (Fsp3) is 0.105. The summed E-state index contributed by atoms with van der Waals surface area (Å²) >= 11 is 0. The van der Waals surface area contributed by atoms with Gasteiger partial charge in [-0.2, -0.15) is 4.98 Å². The molecule has 0 unspecified atom stereocenters. The minimum atomic E-state index is 0.642. The van der Waals surface area contributed by atoms with Crippen molar-refractivity contribution in [3.8, 4) is 11.4 Å². The van der Waals surface area contributed by atoms with E-state index in [1.54, 1.807) is 6.20 Å². The largest absolute Gasteiger partial charge is 0.339 e. The highest BCUT2D eigenvalue weighted by molar-refractivity contribution is 5.94. The molecule has 4 rings (SSSR count). The summed E-state index contributed by atoms with van der Waals surface area (Å²) in [5, 5.41) is 6.45. The first-order valence-corrected chi connectivity index (χ1v) is 7.60. The summed E-state index contributed by atoms with van der Waals surface area (Å²) in [5.41, 5.74) is 2.16. The Balaban J connectivity index is 1.60. The maximum absolute atomic E-state index is 5.41. The SMILES string of the molecule is c1cncc(CCc2nc(-c3cccc4ccccc34)no2)c1. The third-order valence-electron chi connectivity index (χ3n) is 3.85. The van der Waals surface area contributed by atoms with Crippen LogP contribution in [0.4, 0.5) is 0 Å². The van der Waals surface area contributed by atoms with Gasteiger partial charge in [0.1, 0.15) is 0 Å². The molecule has 0 radical (unpaired) electrons. The number of aryl methyl sites for hydroxylation is 2. The molecule has 0 aliphatic rings. The minimum Gasteiger partial charge on any atom is -0.339 e. The van der Waals surface area contributed by atoms with Crippen molar-refractivity contribution >= 4 is 10.8 Å². The van der Waals surface area contributed by atoms with Gasteiger partial charge in [-0.05, 0) is 28.8 Å². The van der Waals surface area contributed by atoms with Gasteiger partial charge in [0, 0.05) is 24.4 Å². The normalized spacial score (nSPS) is 11.0. The molecule has 2 aromatic heterocycles. The number of hydrogen-bond donors (Lipinski definition) is 0. The van der Waals surface area contributed by atoms with Crippen LogP contribution < -0.4 is 0 Å². The number of benzene rings is 2. The Morgan fingerprint density at radius 3 is 2.70 bits per heavy atom. The maximum Gasteiger partial charge on any atom is 0.227 e. The van der Waals surface area contributed by atoms with Gasteiger partial charge in [0.15, 0.2) is 0 Å². The van der Waals surface area contributed by atoms with Gasteiger partial charge in [0.05, 0.1) is 0 Å². The summed E-state index contributed by atoms with van der Waals surface area (Å²) < 4.78 is 5.41. The van der Waals surface area contributed by atoms with Crippen LogP contribution in [0.1, 0.15) is 11.5 Å². The first-order valence-electron chi connectivity index (χ1n) is 7.60. The van der Waals surface area contributed by atoms with Crippen LogP contribution in [-0.2, 0) is 12.8 Å². The molecule has 4 heteroatoms. The standard InChI is InChI=1S/C19H15N3O/c1-2-8-16-15(6-1)7-3-9-17(16)19-21-18(23-22-19)11-10-14-5-4-12-20-13-14/h1-9,12-13H,10-11H2. The predicted octanol–water partition coefficient (Wildman–Crippen LogP) is 4.07. The number of aromatic nitrogens is 3. The molecular formula is C19H15N3O. The molecule has 0 aliphatic carbocycles. The molecule has 0 atom stereocenters. The lowest BCUT2D eigenvalue weighted by Gasteiger charge is -2.01. The molecule has 23 heavy (non-hydrogen) atoms. The summed E-state index contributed by atoms with van der Waals surface area (Å²) in [5.74, 6) is 1.29. The van der Waals surface area contributed by atoms with Crippen LogP contribution in [0.5, 0.6) is 0 Å². The summed E-state index contributed by atoms with van der Waals surface area (Å²) in [7, 11) is 0. The Labute approximate surface area is 133 Å². The lowest BCUT2D eigenvalue weighted by molar-refractivity contribution is 0.379. The van der Waals surface area contributed by atoms with Gasteiger partial charge in [-0.1, -0.05) is 53.7 Å². The van der Waals surface area contributed by atoms with Crippen LogP contribution in [0.3, 0.4) is 0 Å². The molecule has 112 valence electrons. The summed E-state index contributed by atoms with van der Waals surface area (Å²) in [6, 6.07) is 18.3. The highest BCUT2D eigenvalue weighted by atomic mass is 16.5. The Kier molecular flexibility index (Phi) is 3.56. The van der Waals surface area contributed by atoms with Gasteiger partial charge in [-0.25, -0.2) is 0 Å². The zero-order valence-electron chi connectivity index (χ0n) is 12.5. The van der Waals surface area contributed by atoms with E-state index >= 15 is 0 Å². The third-order valence-corrected chi connectivity index (χ3v) is 3.85. The molecule has 0 saturated carbocycles. The maximum atomic E-state index is 5.41. The van der Waals surface area contributed by atoms with Gasteiger partial charge >= 0.3 is 0 Å². The van der Waals surface area contributed by atoms with Gasteiger partial charge in [-0.15, -0.1) is 0 Å². The Hall–Kier alpha value is -3.01. The average Bonchev–Trinajstić information content (AvgIpc) is 3.09. The molecule has 0 spiro atoms. The number of rotatable bonds is 4. The summed E-state index contributed by atoms with van der Waals surface area (Å²) in [6.07, 6.45) is 5.19. The van der Waals surface area contributed by atoms with Crippen LogP contribution >= 0.6 is 0 Å². The second-order valence-electron chi connectivity index (χ2n) is 5.40. The molecule has 2 heterocycles. The van der Waals surface area contributed by atoms with E-state index in [2.05, 4.69) is 39.4 Å². The molecule has 2 aromatic carbocycles. The summed E-state index contributed by atoms with van der Waals surface area (Å²) in [4.78, 5) is 8.66. The van der Waals surface area contributed by atoms with Crippen LogP contribution in [-0.4, -0.2) is 15.1 Å². The van der Waals surface area contributed by atoms with Crippen molar-refractivity contribution < 1.29 is 4.52 Å². The zero-order chi connectivity index (χ0) is 15.5. The van der Waals surface area contributed by atoms with Crippen molar-refractivity contribution in [1.29, 1.82) is 0 Å². The summed E-state index contributed by atoms with van der Waals surface area (Å²) in [6.45, 7) is 0. The van der Waals surface area contributed by atoms with Crippen molar-refractivity contribution in [1.82, 2.24) is 15.1 Å². The number of pyridine rings is 1. The van der Waals surface area contributed by atoms with E-state index in [-0.39, 0.29) is 0 Å². The van der Waals surface area contributed by atoms with Gasteiger partial charge in [-0.3, -0.25) is 4.98 Å². The smallest absolute Gasteiger partial charge is 0.227 e. The zero-order valence-corrected chi connectivity index (χ0v) is 12.5. The molecule has 0 bridgehead atoms. The van der Waals surface area contributed by atoms with E-state index in [0.717, 1.165) is 22.9 Å². The Morgan fingerprint density at radius 1 is 0.870 bits per heavy atom. The van der Waals surface area contributed by atoms with E-state index in [4.69, 9.17) is 4.52 Å². The molecule has 0 fully saturated rings. The molecule has 0 saturated heterocycles. The van der Waals surface area contributed by atoms with Crippen molar-refractivity contribution in [2.45, 2.75) is 12.8 Å². The quantitative estimate of drug-likeness (QED) is 0.570. The first kappa shape index (κ1) is 13.6. The Morgan fingerprint density at radius 2 is 1.78 bits per heavy atom. The highest BCUT2D eigenvalue weighted by Gasteiger charge is 2.11. The highest BCUT2D eigenvalue weighted by Crippen LogP contribution is 2.26. The van der Waals surface area contributed by atoms with E-state index in [9.17, 15) is 0 Å². The number of fused-ring (bicyclic) bond motifs is 1. The van der Waals surface area contributed by atoms with Crippen LogP contribution in [0.25, 0.3) is 22.2 Å². The number of hydrogen-bond acceptors (Lipinski definition) is 4. The molecule has 4 nitrogen and oxygen atoms in total.